The third-order valence-electron chi connectivity index (χ3n) is 3.33. The number of hydrogen-bond acceptors (Lipinski definition) is 4. The molecule has 17 heavy (non-hydrogen) atoms. The summed E-state index contributed by atoms with van der Waals surface area (Å²) in [6.07, 6.45) is 3.47. The Balaban J connectivity index is 2.07. The highest BCUT2D eigenvalue weighted by molar-refractivity contribution is 7.91. The molecule has 0 bridgehead atoms. The summed E-state index contributed by atoms with van der Waals surface area (Å²) >= 11 is 1.23. The van der Waals surface area contributed by atoms with Gasteiger partial charge < -0.3 is 5.73 Å². The van der Waals surface area contributed by atoms with E-state index in [-0.39, 0.29) is 6.04 Å². The van der Waals surface area contributed by atoms with Crippen LogP contribution in [0.3, 0.4) is 0 Å². The molecule has 1 aliphatic carbocycles. The van der Waals surface area contributed by atoms with Crippen LogP contribution in [0.15, 0.2) is 15.7 Å². The van der Waals surface area contributed by atoms with Gasteiger partial charge in [0.25, 0.3) is 0 Å². The molecule has 2 rings (SSSR count). The first kappa shape index (κ1) is 13.0. The first-order valence-corrected chi connectivity index (χ1v) is 8.19. The SMILES string of the molecule is CC(NS(=O)(=O)c1cc(CN)cs1)C1CCC1. The molecule has 1 saturated carbocycles. The van der Waals surface area contributed by atoms with E-state index in [0.29, 0.717) is 16.7 Å². The standard InChI is InChI=1S/C11H18N2O2S2/c1-8(10-3-2-4-10)13-17(14,15)11-5-9(6-12)7-16-11/h5,7-8,10,13H,2-4,6,12H2,1H3. The first-order valence-electron chi connectivity index (χ1n) is 5.83. The Morgan fingerprint density at radius 1 is 1.59 bits per heavy atom. The van der Waals surface area contributed by atoms with E-state index in [1.54, 1.807) is 11.4 Å². The second kappa shape index (κ2) is 5.06. The van der Waals surface area contributed by atoms with Crippen LogP contribution < -0.4 is 10.5 Å². The maximum Gasteiger partial charge on any atom is 0.250 e. The number of rotatable bonds is 5. The van der Waals surface area contributed by atoms with Gasteiger partial charge in [-0.2, -0.15) is 0 Å². The lowest BCUT2D eigenvalue weighted by Gasteiger charge is -2.31. The summed E-state index contributed by atoms with van der Waals surface area (Å²) < 4.78 is 27.3. The average molecular weight is 274 g/mol. The molecule has 1 aromatic heterocycles. The predicted octanol–water partition coefficient (Wildman–Crippen LogP) is 1.67. The van der Waals surface area contributed by atoms with Gasteiger partial charge in [-0.1, -0.05) is 6.42 Å². The Bertz CT molecular complexity index is 477. The number of sulfonamides is 1. The van der Waals surface area contributed by atoms with Crippen molar-refractivity contribution in [2.45, 2.75) is 43.0 Å². The van der Waals surface area contributed by atoms with Crippen LogP contribution in [0.4, 0.5) is 0 Å². The van der Waals surface area contributed by atoms with E-state index in [1.165, 1.54) is 17.8 Å². The van der Waals surface area contributed by atoms with Gasteiger partial charge in [-0.15, -0.1) is 11.3 Å². The van der Waals surface area contributed by atoms with Gasteiger partial charge in [0, 0.05) is 12.6 Å². The van der Waals surface area contributed by atoms with Crippen molar-refractivity contribution in [2.24, 2.45) is 11.7 Å². The number of thiophene rings is 1. The molecule has 0 radical (unpaired) electrons. The molecule has 4 nitrogen and oxygen atoms in total. The van der Waals surface area contributed by atoms with Crippen LogP contribution in [0.5, 0.6) is 0 Å². The maximum atomic E-state index is 12.1. The zero-order valence-corrected chi connectivity index (χ0v) is 11.5. The molecule has 1 aliphatic rings. The fourth-order valence-corrected chi connectivity index (χ4v) is 4.49. The number of hydrogen-bond donors (Lipinski definition) is 2. The van der Waals surface area contributed by atoms with Crippen LogP contribution in [0.1, 0.15) is 31.7 Å². The molecule has 96 valence electrons. The third kappa shape index (κ3) is 2.88. The van der Waals surface area contributed by atoms with Crippen LogP contribution in [0.25, 0.3) is 0 Å². The van der Waals surface area contributed by atoms with Crippen LogP contribution >= 0.6 is 11.3 Å². The smallest absolute Gasteiger partial charge is 0.250 e. The fourth-order valence-electron chi connectivity index (χ4n) is 1.94. The van der Waals surface area contributed by atoms with Crippen LogP contribution in [-0.4, -0.2) is 14.5 Å². The molecule has 0 aliphatic heterocycles. The summed E-state index contributed by atoms with van der Waals surface area (Å²) in [6.45, 7) is 2.32. The van der Waals surface area contributed by atoms with Gasteiger partial charge in [0.15, 0.2) is 0 Å². The van der Waals surface area contributed by atoms with E-state index in [9.17, 15) is 8.42 Å². The minimum absolute atomic E-state index is 0.0252. The molecule has 1 heterocycles. The normalized spacial score (nSPS) is 18.9. The van der Waals surface area contributed by atoms with Crippen molar-refractivity contribution >= 4 is 21.4 Å². The molecule has 3 N–H and O–H groups in total. The molecule has 1 aromatic rings. The zero-order chi connectivity index (χ0) is 12.5. The fraction of sp³-hybridized carbons (Fsp3) is 0.636. The van der Waals surface area contributed by atoms with E-state index in [4.69, 9.17) is 5.73 Å². The summed E-state index contributed by atoms with van der Waals surface area (Å²) in [5.74, 6) is 0.499. The molecule has 6 heteroatoms. The predicted molar refractivity (Wildman–Crippen MR) is 69.3 cm³/mol. The zero-order valence-electron chi connectivity index (χ0n) is 9.85. The van der Waals surface area contributed by atoms with Crippen LogP contribution in [-0.2, 0) is 16.6 Å². The highest BCUT2D eigenvalue weighted by Crippen LogP contribution is 2.30. The minimum atomic E-state index is -3.36. The van der Waals surface area contributed by atoms with E-state index in [1.807, 2.05) is 6.92 Å². The van der Waals surface area contributed by atoms with E-state index in [2.05, 4.69) is 4.72 Å². The topological polar surface area (TPSA) is 72.2 Å². The largest absolute Gasteiger partial charge is 0.326 e. The van der Waals surface area contributed by atoms with Crippen molar-refractivity contribution in [1.82, 2.24) is 4.72 Å². The lowest BCUT2D eigenvalue weighted by molar-refractivity contribution is 0.260. The van der Waals surface area contributed by atoms with Gasteiger partial charge in [-0.05, 0) is 42.7 Å². The summed E-state index contributed by atoms with van der Waals surface area (Å²) in [6, 6.07) is 1.68. The summed E-state index contributed by atoms with van der Waals surface area (Å²) in [5.41, 5.74) is 6.35. The lowest BCUT2D eigenvalue weighted by atomic mass is 9.81. The van der Waals surface area contributed by atoms with Crippen LogP contribution in [0.2, 0.25) is 0 Å². The van der Waals surface area contributed by atoms with Gasteiger partial charge >= 0.3 is 0 Å². The summed E-state index contributed by atoms with van der Waals surface area (Å²) in [4.78, 5) is 0. The Hall–Kier alpha value is -0.430. The molecule has 0 amide bonds. The lowest BCUT2D eigenvalue weighted by Crippen LogP contribution is -2.40. The molecule has 0 spiro atoms. The molecular weight excluding hydrogens is 256 g/mol. The highest BCUT2D eigenvalue weighted by Gasteiger charge is 2.28. The first-order chi connectivity index (χ1) is 8.03. The summed E-state index contributed by atoms with van der Waals surface area (Å²) in [5, 5.41) is 1.79. The Labute approximate surface area is 106 Å². The van der Waals surface area contributed by atoms with Gasteiger partial charge in [-0.25, -0.2) is 13.1 Å². The highest BCUT2D eigenvalue weighted by atomic mass is 32.2. The molecule has 0 aromatic carbocycles. The number of nitrogens with two attached hydrogens (primary N) is 1. The molecule has 0 saturated heterocycles. The third-order valence-corrected chi connectivity index (χ3v) is 6.38. The van der Waals surface area contributed by atoms with E-state index < -0.39 is 10.0 Å². The molecule has 1 unspecified atom stereocenters. The quantitative estimate of drug-likeness (QED) is 0.858. The van der Waals surface area contributed by atoms with Gasteiger partial charge in [0.05, 0.1) is 0 Å². The Morgan fingerprint density at radius 2 is 2.29 bits per heavy atom. The molecular formula is C11H18N2O2S2. The van der Waals surface area contributed by atoms with Crippen molar-refractivity contribution in [3.63, 3.8) is 0 Å². The Morgan fingerprint density at radius 3 is 2.76 bits per heavy atom. The van der Waals surface area contributed by atoms with Gasteiger partial charge in [-0.3, -0.25) is 0 Å². The Kier molecular flexibility index (Phi) is 3.87. The minimum Gasteiger partial charge on any atom is -0.326 e. The molecule has 1 fully saturated rings. The monoisotopic (exact) mass is 274 g/mol. The van der Waals surface area contributed by atoms with E-state index in [0.717, 1.165) is 18.4 Å². The van der Waals surface area contributed by atoms with Gasteiger partial charge in [0.1, 0.15) is 4.21 Å². The van der Waals surface area contributed by atoms with Crippen molar-refractivity contribution in [3.8, 4) is 0 Å². The van der Waals surface area contributed by atoms with Crippen molar-refractivity contribution in [3.05, 3.63) is 17.0 Å². The summed E-state index contributed by atoms with van der Waals surface area (Å²) in [7, 11) is -3.36. The second-order valence-electron chi connectivity index (χ2n) is 4.58. The van der Waals surface area contributed by atoms with E-state index >= 15 is 0 Å². The second-order valence-corrected chi connectivity index (χ2v) is 7.43. The maximum absolute atomic E-state index is 12.1. The van der Waals surface area contributed by atoms with Crippen molar-refractivity contribution in [1.29, 1.82) is 0 Å². The van der Waals surface area contributed by atoms with Crippen molar-refractivity contribution in [2.75, 3.05) is 0 Å². The molecule has 1 atom stereocenters. The van der Waals surface area contributed by atoms with Gasteiger partial charge in [0.2, 0.25) is 10.0 Å². The average Bonchev–Trinajstić information content (AvgIpc) is 2.62. The van der Waals surface area contributed by atoms with Crippen molar-refractivity contribution < 1.29 is 8.42 Å². The van der Waals surface area contributed by atoms with Crippen LogP contribution in [0, 0.1) is 5.92 Å². The number of nitrogens with one attached hydrogen (secondary N) is 1.